The molecule has 0 aliphatic carbocycles. The Kier molecular flexibility index (Phi) is 4.82. The molecule has 0 amide bonds. The van der Waals surface area contributed by atoms with Gasteiger partial charge >= 0.3 is 0 Å². The highest BCUT2D eigenvalue weighted by molar-refractivity contribution is 7.12. The highest BCUT2D eigenvalue weighted by Gasteiger charge is 2.10. The van der Waals surface area contributed by atoms with Crippen molar-refractivity contribution in [2.75, 3.05) is 6.61 Å². The molecule has 5 heteroatoms. The van der Waals surface area contributed by atoms with Crippen LogP contribution < -0.4 is 4.74 Å². The van der Waals surface area contributed by atoms with E-state index in [1.54, 1.807) is 30.3 Å². The number of benzene rings is 2. The second-order valence-electron chi connectivity index (χ2n) is 5.05. The fourth-order valence-corrected chi connectivity index (χ4v) is 2.78. The summed E-state index contributed by atoms with van der Waals surface area (Å²) in [7, 11) is 0. The van der Waals surface area contributed by atoms with Gasteiger partial charge in [-0.1, -0.05) is 6.07 Å². The smallest absolute Gasteiger partial charge is 0.210 e. The number of carbonyl (C=O) groups is 2. The highest BCUT2D eigenvalue weighted by Crippen LogP contribution is 2.17. The average molecular weight is 340 g/mol. The van der Waals surface area contributed by atoms with Crippen LogP contribution in [0.25, 0.3) is 0 Å². The van der Waals surface area contributed by atoms with Crippen molar-refractivity contribution in [1.82, 2.24) is 0 Å². The van der Waals surface area contributed by atoms with E-state index in [9.17, 15) is 14.0 Å². The number of rotatable bonds is 6. The van der Waals surface area contributed by atoms with Gasteiger partial charge in [-0.05, 0) is 60.0 Å². The zero-order valence-corrected chi connectivity index (χ0v) is 13.4. The molecule has 0 saturated carbocycles. The van der Waals surface area contributed by atoms with Gasteiger partial charge in [-0.3, -0.25) is 9.59 Å². The lowest BCUT2D eigenvalue weighted by Crippen LogP contribution is -2.10. The fourth-order valence-electron chi connectivity index (χ4n) is 2.13. The molecule has 0 bridgehead atoms. The summed E-state index contributed by atoms with van der Waals surface area (Å²) in [5.74, 6) is -0.158. The van der Waals surface area contributed by atoms with Gasteiger partial charge < -0.3 is 4.74 Å². The molecule has 3 rings (SSSR count). The SMILES string of the molecule is O=C(c1ccc(F)cc1)c1ccc(OCC(=O)c2cccs2)cc1. The van der Waals surface area contributed by atoms with Crippen LogP contribution in [-0.4, -0.2) is 18.2 Å². The molecule has 120 valence electrons. The Morgan fingerprint density at radius 2 is 1.54 bits per heavy atom. The molecular formula is C19H13FO3S. The number of hydrogen-bond donors (Lipinski definition) is 0. The van der Waals surface area contributed by atoms with Crippen LogP contribution in [0.3, 0.4) is 0 Å². The fraction of sp³-hybridized carbons (Fsp3) is 0.0526. The molecule has 1 heterocycles. The van der Waals surface area contributed by atoms with Crippen molar-refractivity contribution >= 4 is 22.9 Å². The zero-order chi connectivity index (χ0) is 16.9. The number of halogens is 1. The molecule has 3 aromatic rings. The molecule has 24 heavy (non-hydrogen) atoms. The van der Waals surface area contributed by atoms with Gasteiger partial charge in [0.2, 0.25) is 5.78 Å². The molecule has 3 nitrogen and oxygen atoms in total. The Hall–Kier alpha value is -2.79. The first-order chi connectivity index (χ1) is 11.6. The molecule has 0 atom stereocenters. The Morgan fingerprint density at radius 1 is 0.917 bits per heavy atom. The van der Waals surface area contributed by atoms with Crippen molar-refractivity contribution in [3.05, 3.63) is 87.9 Å². The molecule has 0 radical (unpaired) electrons. The van der Waals surface area contributed by atoms with Crippen LogP contribution in [0.5, 0.6) is 5.75 Å². The standard InChI is InChI=1S/C19H13FO3S/c20-15-7-3-13(4-8-15)19(22)14-5-9-16(10-6-14)23-12-17(21)18-2-1-11-24-18/h1-11H,12H2. The molecule has 0 saturated heterocycles. The lowest BCUT2D eigenvalue weighted by molar-refractivity contribution is 0.0924. The minimum atomic E-state index is -0.384. The van der Waals surface area contributed by atoms with Crippen LogP contribution in [0, 0.1) is 5.82 Å². The molecule has 0 unspecified atom stereocenters. The van der Waals surface area contributed by atoms with Gasteiger partial charge in [-0.2, -0.15) is 0 Å². The average Bonchev–Trinajstić information content (AvgIpc) is 3.15. The second kappa shape index (κ2) is 7.19. The van der Waals surface area contributed by atoms with E-state index in [0.29, 0.717) is 21.8 Å². The van der Waals surface area contributed by atoms with Crippen molar-refractivity contribution in [1.29, 1.82) is 0 Å². The zero-order valence-electron chi connectivity index (χ0n) is 12.6. The molecule has 0 N–H and O–H groups in total. The largest absolute Gasteiger partial charge is 0.485 e. The minimum absolute atomic E-state index is 0.0498. The summed E-state index contributed by atoms with van der Waals surface area (Å²) in [4.78, 5) is 24.8. The van der Waals surface area contributed by atoms with Crippen molar-refractivity contribution in [3.8, 4) is 5.75 Å². The van der Waals surface area contributed by atoms with Crippen LogP contribution in [-0.2, 0) is 0 Å². The van der Waals surface area contributed by atoms with E-state index < -0.39 is 0 Å². The lowest BCUT2D eigenvalue weighted by Gasteiger charge is -2.06. The normalized spacial score (nSPS) is 10.4. The molecule has 0 fully saturated rings. The van der Waals surface area contributed by atoms with Gasteiger partial charge in [0.1, 0.15) is 11.6 Å². The van der Waals surface area contributed by atoms with Crippen LogP contribution in [0.15, 0.2) is 66.0 Å². The van der Waals surface area contributed by atoms with Crippen LogP contribution in [0.2, 0.25) is 0 Å². The summed E-state index contributed by atoms with van der Waals surface area (Å²) in [5, 5.41) is 1.84. The maximum atomic E-state index is 12.9. The number of carbonyl (C=O) groups excluding carboxylic acids is 2. The predicted octanol–water partition coefficient (Wildman–Crippen LogP) is 4.38. The Labute approximate surface area is 142 Å². The third-order valence-electron chi connectivity index (χ3n) is 3.39. The summed E-state index contributed by atoms with van der Waals surface area (Å²) in [6.45, 7) is -0.0498. The van der Waals surface area contributed by atoms with Crippen molar-refractivity contribution in [2.45, 2.75) is 0 Å². The van der Waals surface area contributed by atoms with E-state index in [0.717, 1.165) is 0 Å². The second-order valence-corrected chi connectivity index (χ2v) is 6.00. The molecule has 0 spiro atoms. The van der Waals surface area contributed by atoms with Gasteiger partial charge in [0.05, 0.1) is 4.88 Å². The molecular weight excluding hydrogens is 327 g/mol. The van der Waals surface area contributed by atoms with Gasteiger partial charge in [0.15, 0.2) is 12.4 Å². The molecule has 1 aromatic heterocycles. The third-order valence-corrected chi connectivity index (χ3v) is 4.30. The van der Waals surface area contributed by atoms with Gasteiger partial charge in [0.25, 0.3) is 0 Å². The Morgan fingerprint density at radius 3 is 2.12 bits per heavy atom. The first-order valence-electron chi connectivity index (χ1n) is 7.23. The topological polar surface area (TPSA) is 43.4 Å². The quantitative estimate of drug-likeness (QED) is 0.626. The van der Waals surface area contributed by atoms with Gasteiger partial charge in [0, 0.05) is 11.1 Å². The van der Waals surface area contributed by atoms with E-state index in [-0.39, 0.29) is 24.0 Å². The maximum absolute atomic E-state index is 12.9. The molecule has 2 aromatic carbocycles. The highest BCUT2D eigenvalue weighted by atomic mass is 32.1. The summed E-state index contributed by atoms with van der Waals surface area (Å²) in [5.41, 5.74) is 0.886. The minimum Gasteiger partial charge on any atom is -0.485 e. The van der Waals surface area contributed by atoms with Crippen molar-refractivity contribution < 1.29 is 18.7 Å². The summed E-state index contributed by atoms with van der Waals surface area (Å²) < 4.78 is 18.3. The number of ketones is 2. The molecule has 0 aliphatic rings. The summed E-state index contributed by atoms with van der Waals surface area (Å²) >= 11 is 1.37. The van der Waals surface area contributed by atoms with Gasteiger partial charge in [-0.25, -0.2) is 4.39 Å². The molecule has 0 aliphatic heterocycles. The maximum Gasteiger partial charge on any atom is 0.210 e. The Balaban J connectivity index is 1.63. The van der Waals surface area contributed by atoms with E-state index in [4.69, 9.17) is 4.74 Å². The Bertz CT molecular complexity index is 837. The summed E-state index contributed by atoms with van der Waals surface area (Å²) in [6.07, 6.45) is 0. The van der Waals surface area contributed by atoms with E-state index in [1.807, 2.05) is 11.4 Å². The number of ether oxygens (including phenoxy) is 1. The van der Waals surface area contributed by atoms with Gasteiger partial charge in [-0.15, -0.1) is 11.3 Å². The lowest BCUT2D eigenvalue weighted by atomic mass is 10.0. The van der Waals surface area contributed by atoms with Crippen molar-refractivity contribution in [2.24, 2.45) is 0 Å². The van der Waals surface area contributed by atoms with Crippen molar-refractivity contribution in [3.63, 3.8) is 0 Å². The van der Waals surface area contributed by atoms with Crippen LogP contribution in [0.4, 0.5) is 4.39 Å². The van der Waals surface area contributed by atoms with E-state index in [1.165, 1.54) is 35.6 Å². The number of hydrogen-bond acceptors (Lipinski definition) is 4. The predicted molar refractivity (Wildman–Crippen MR) is 90.4 cm³/mol. The van der Waals surface area contributed by atoms with E-state index >= 15 is 0 Å². The van der Waals surface area contributed by atoms with Crippen LogP contribution in [0.1, 0.15) is 25.6 Å². The number of Topliss-reactive ketones (excluding diaryl/α,β-unsaturated/α-hetero) is 1. The summed E-state index contributed by atoms with van der Waals surface area (Å²) in [6, 6.07) is 15.5. The monoisotopic (exact) mass is 340 g/mol. The number of thiophene rings is 1. The van der Waals surface area contributed by atoms with E-state index in [2.05, 4.69) is 0 Å². The van der Waals surface area contributed by atoms with Crippen LogP contribution >= 0.6 is 11.3 Å². The third kappa shape index (κ3) is 3.75. The first-order valence-corrected chi connectivity index (χ1v) is 8.11. The first kappa shape index (κ1) is 16.1.